The second-order valence-electron chi connectivity index (χ2n) is 5.89. The quantitative estimate of drug-likeness (QED) is 0.856. The molecule has 130 valence electrons. The molecule has 2 amide bonds. The number of carbonyl (C=O) groups is 2. The molecule has 2 aromatic rings. The number of nitrogens with zero attached hydrogens (tertiary/aromatic N) is 2. The minimum absolute atomic E-state index is 0.0280. The van der Waals surface area contributed by atoms with E-state index in [0.29, 0.717) is 18.7 Å². The maximum atomic E-state index is 12.3. The first kappa shape index (κ1) is 17.5. The van der Waals surface area contributed by atoms with Gasteiger partial charge in [0.2, 0.25) is 5.91 Å². The molecule has 0 radical (unpaired) electrons. The molecule has 0 aliphatic carbocycles. The summed E-state index contributed by atoms with van der Waals surface area (Å²) in [6.45, 7) is 2.97. The van der Waals surface area contributed by atoms with Crippen LogP contribution >= 0.6 is 15.9 Å². The van der Waals surface area contributed by atoms with Gasteiger partial charge in [0.15, 0.2) is 0 Å². The maximum absolute atomic E-state index is 12.3. The monoisotopic (exact) mass is 401 g/mol. The first-order valence-corrected chi connectivity index (χ1v) is 9.04. The second kappa shape index (κ2) is 8.16. The number of hydrogen-bond acceptors (Lipinski definition) is 3. The summed E-state index contributed by atoms with van der Waals surface area (Å²) >= 11 is 3.33. The molecule has 0 spiro atoms. The van der Waals surface area contributed by atoms with Crippen molar-refractivity contribution in [2.75, 3.05) is 37.6 Å². The lowest BCUT2D eigenvalue weighted by molar-refractivity contribution is -0.130. The van der Waals surface area contributed by atoms with Crippen molar-refractivity contribution in [2.45, 2.75) is 0 Å². The van der Waals surface area contributed by atoms with Crippen LogP contribution in [-0.4, -0.2) is 49.4 Å². The Morgan fingerprint density at radius 1 is 0.920 bits per heavy atom. The van der Waals surface area contributed by atoms with Crippen LogP contribution in [0, 0.1) is 0 Å². The van der Waals surface area contributed by atoms with Crippen molar-refractivity contribution < 1.29 is 9.59 Å². The van der Waals surface area contributed by atoms with E-state index in [0.717, 1.165) is 17.6 Å². The SMILES string of the molecule is O=C(NCC(=O)N1CCN(c2ccccc2)CC1)c1ccc(Br)cc1. The summed E-state index contributed by atoms with van der Waals surface area (Å²) in [5.74, 6) is -0.276. The molecule has 1 aliphatic rings. The Hall–Kier alpha value is -2.34. The highest BCUT2D eigenvalue weighted by Gasteiger charge is 2.21. The van der Waals surface area contributed by atoms with Gasteiger partial charge in [-0.1, -0.05) is 34.1 Å². The van der Waals surface area contributed by atoms with E-state index in [1.807, 2.05) is 18.2 Å². The van der Waals surface area contributed by atoms with Crippen molar-refractivity contribution in [3.8, 4) is 0 Å². The minimum atomic E-state index is -0.233. The molecule has 1 saturated heterocycles. The van der Waals surface area contributed by atoms with Crippen molar-refractivity contribution >= 4 is 33.4 Å². The molecule has 0 saturated carbocycles. The van der Waals surface area contributed by atoms with Crippen molar-refractivity contribution in [3.05, 3.63) is 64.6 Å². The molecule has 2 aromatic carbocycles. The van der Waals surface area contributed by atoms with E-state index in [2.05, 4.69) is 38.3 Å². The van der Waals surface area contributed by atoms with Crippen LogP contribution in [-0.2, 0) is 4.79 Å². The molecule has 0 unspecified atom stereocenters. The number of carbonyl (C=O) groups excluding carboxylic acids is 2. The molecular weight excluding hydrogens is 382 g/mol. The van der Waals surface area contributed by atoms with Gasteiger partial charge in [0.1, 0.15) is 0 Å². The number of piperazine rings is 1. The lowest BCUT2D eigenvalue weighted by Gasteiger charge is -2.36. The normalized spacial score (nSPS) is 14.3. The van der Waals surface area contributed by atoms with Gasteiger partial charge < -0.3 is 15.1 Å². The summed E-state index contributed by atoms with van der Waals surface area (Å²) in [4.78, 5) is 28.5. The van der Waals surface area contributed by atoms with Gasteiger partial charge in [-0.25, -0.2) is 0 Å². The number of nitrogens with one attached hydrogen (secondary N) is 1. The molecule has 1 fully saturated rings. The molecule has 0 bridgehead atoms. The summed E-state index contributed by atoms with van der Waals surface area (Å²) in [7, 11) is 0. The Balaban J connectivity index is 1.46. The fourth-order valence-corrected chi connectivity index (χ4v) is 3.09. The van der Waals surface area contributed by atoms with Crippen LogP contribution in [0.15, 0.2) is 59.1 Å². The number of amides is 2. The summed E-state index contributed by atoms with van der Waals surface area (Å²) in [5, 5.41) is 2.70. The van der Waals surface area contributed by atoms with Crippen LogP contribution < -0.4 is 10.2 Å². The van der Waals surface area contributed by atoms with E-state index in [1.54, 1.807) is 29.2 Å². The topological polar surface area (TPSA) is 52.7 Å². The van der Waals surface area contributed by atoms with Crippen LogP contribution in [0.1, 0.15) is 10.4 Å². The predicted octanol–water partition coefficient (Wildman–Crippen LogP) is 2.53. The molecule has 5 nitrogen and oxygen atoms in total. The third-order valence-electron chi connectivity index (χ3n) is 4.26. The van der Waals surface area contributed by atoms with Gasteiger partial charge in [0.05, 0.1) is 6.54 Å². The van der Waals surface area contributed by atoms with Crippen molar-refractivity contribution in [1.82, 2.24) is 10.2 Å². The predicted molar refractivity (Wildman–Crippen MR) is 102 cm³/mol. The van der Waals surface area contributed by atoms with Gasteiger partial charge in [0.25, 0.3) is 5.91 Å². The van der Waals surface area contributed by atoms with E-state index in [4.69, 9.17) is 0 Å². The Morgan fingerprint density at radius 2 is 1.56 bits per heavy atom. The number of benzene rings is 2. The van der Waals surface area contributed by atoms with Crippen molar-refractivity contribution in [1.29, 1.82) is 0 Å². The van der Waals surface area contributed by atoms with Crippen LogP contribution in [0.4, 0.5) is 5.69 Å². The zero-order valence-electron chi connectivity index (χ0n) is 13.8. The minimum Gasteiger partial charge on any atom is -0.368 e. The van der Waals surface area contributed by atoms with Gasteiger partial charge in [-0.3, -0.25) is 9.59 Å². The highest BCUT2D eigenvalue weighted by atomic mass is 79.9. The lowest BCUT2D eigenvalue weighted by atomic mass is 10.2. The Labute approximate surface area is 155 Å². The van der Waals surface area contributed by atoms with E-state index in [-0.39, 0.29) is 18.4 Å². The van der Waals surface area contributed by atoms with Gasteiger partial charge in [-0.15, -0.1) is 0 Å². The van der Waals surface area contributed by atoms with Crippen LogP contribution in [0.2, 0.25) is 0 Å². The smallest absolute Gasteiger partial charge is 0.251 e. The van der Waals surface area contributed by atoms with Gasteiger partial charge in [0, 0.05) is 41.9 Å². The fourth-order valence-electron chi connectivity index (χ4n) is 2.82. The lowest BCUT2D eigenvalue weighted by Crippen LogP contribution is -2.51. The first-order valence-electron chi connectivity index (χ1n) is 8.25. The van der Waals surface area contributed by atoms with Gasteiger partial charge in [-0.05, 0) is 36.4 Å². The van der Waals surface area contributed by atoms with E-state index >= 15 is 0 Å². The van der Waals surface area contributed by atoms with Crippen LogP contribution in [0.25, 0.3) is 0 Å². The Kier molecular flexibility index (Phi) is 5.71. The number of hydrogen-bond donors (Lipinski definition) is 1. The number of para-hydroxylation sites is 1. The highest BCUT2D eigenvalue weighted by molar-refractivity contribution is 9.10. The molecule has 0 aromatic heterocycles. The highest BCUT2D eigenvalue weighted by Crippen LogP contribution is 2.15. The summed E-state index contributed by atoms with van der Waals surface area (Å²) in [6, 6.07) is 17.3. The molecule has 3 rings (SSSR count). The Bertz CT molecular complexity index is 726. The van der Waals surface area contributed by atoms with Crippen molar-refractivity contribution in [3.63, 3.8) is 0 Å². The standard InChI is InChI=1S/C19H20BrN3O2/c20-16-8-6-15(7-9-16)19(25)21-14-18(24)23-12-10-22(11-13-23)17-4-2-1-3-5-17/h1-9H,10-14H2,(H,21,25). The molecule has 1 N–H and O–H groups in total. The summed E-state index contributed by atoms with van der Waals surface area (Å²) < 4.78 is 0.913. The van der Waals surface area contributed by atoms with E-state index < -0.39 is 0 Å². The molecule has 1 aliphatic heterocycles. The largest absolute Gasteiger partial charge is 0.368 e. The molecule has 6 heteroatoms. The molecule has 25 heavy (non-hydrogen) atoms. The summed E-state index contributed by atoms with van der Waals surface area (Å²) in [6.07, 6.45) is 0. The van der Waals surface area contributed by atoms with Gasteiger partial charge >= 0.3 is 0 Å². The molecule has 1 heterocycles. The first-order chi connectivity index (χ1) is 12.1. The number of anilines is 1. The maximum Gasteiger partial charge on any atom is 0.251 e. The molecular formula is C19H20BrN3O2. The Morgan fingerprint density at radius 3 is 2.20 bits per heavy atom. The van der Waals surface area contributed by atoms with Gasteiger partial charge in [-0.2, -0.15) is 0 Å². The third-order valence-corrected chi connectivity index (χ3v) is 4.79. The third kappa shape index (κ3) is 4.60. The zero-order valence-corrected chi connectivity index (χ0v) is 15.4. The average Bonchev–Trinajstić information content (AvgIpc) is 2.67. The number of rotatable bonds is 4. The fraction of sp³-hybridized carbons (Fsp3) is 0.263. The number of halogens is 1. The van der Waals surface area contributed by atoms with Crippen LogP contribution in [0.3, 0.4) is 0 Å². The van der Waals surface area contributed by atoms with Crippen molar-refractivity contribution in [2.24, 2.45) is 0 Å². The second-order valence-corrected chi connectivity index (χ2v) is 6.81. The van der Waals surface area contributed by atoms with E-state index in [1.165, 1.54) is 5.69 Å². The molecule has 0 atom stereocenters. The van der Waals surface area contributed by atoms with Crippen LogP contribution in [0.5, 0.6) is 0 Å². The average molecular weight is 402 g/mol. The summed E-state index contributed by atoms with van der Waals surface area (Å²) in [5.41, 5.74) is 1.73. The zero-order chi connectivity index (χ0) is 17.6. The van der Waals surface area contributed by atoms with E-state index in [9.17, 15) is 9.59 Å².